The van der Waals surface area contributed by atoms with Crippen molar-refractivity contribution >= 4 is 49.9 Å². The van der Waals surface area contributed by atoms with Gasteiger partial charge in [0.25, 0.3) is 0 Å². The Morgan fingerprint density at radius 1 is 1.15 bits per heavy atom. The molecule has 178 valence electrons. The van der Waals surface area contributed by atoms with Gasteiger partial charge in [0.2, 0.25) is 10.0 Å². The zero-order valence-electron chi connectivity index (χ0n) is 18.0. The molecule has 10 nitrogen and oxygen atoms in total. The molecule has 1 fully saturated rings. The molecule has 4 rings (SSSR count). The molecule has 1 aliphatic heterocycles. The van der Waals surface area contributed by atoms with Crippen molar-refractivity contribution in [3.05, 3.63) is 65.0 Å². The van der Waals surface area contributed by atoms with E-state index in [1.54, 1.807) is 0 Å². The van der Waals surface area contributed by atoms with Gasteiger partial charge >= 0.3 is 6.09 Å². The lowest BCUT2D eigenvalue weighted by molar-refractivity contribution is 0.0741. The Balaban J connectivity index is 1.43. The first-order valence-corrected chi connectivity index (χ1v) is 12.8. The van der Waals surface area contributed by atoms with Crippen molar-refractivity contribution in [2.24, 2.45) is 5.14 Å². The first-order chi connectivity index (χ1) is 16.2. The number of nitrogens with zero attached hydrogens (tertiary/aromatic N) is 2. The van der Waals surface area contributed by atoms with Crippen molar-refractivity contribution in [3.63, 3.8) is 0 Å². The fourth-order valence-corrected chi connectivity index (χ4v) is 5.03. The quantitative estimate of drug-likeness (QED) is 0.417. The predicted molar refractivity (Wildman–Crippen MR) is 128 cm³/mol. The monoisotopic (exact) mass is 501 g/mol. The second-order valence-corrected chi connectivity index (χ2v) is 10.2. The Morgan fingerprint density at radius 2 is 1.85 bits per heavy atom. The summed E-state index contributed by atoms with van der Waals surface area (Å²) >= 11 is 1.06. The second kappa shape index (κ2) is 9.79. The van der Waals surface area contributed by atoms with Crippen LogP contribution in [0.5, 0.6) is 0 Å². The second-order valence-electron chi connectivity index (χ2n) is 7.68. The third-order valence-electron chi connectivity index (χ3n) is 5.31. The number of anilines is 3. The minimum atomic E-state index is -3.80. The number of aromatic nitrogens is 1. The molecule has 0 bridgehead atoms. The molecule has 3 aromatic rings. The number of nitrogens with one attached hydrogen (secondary N) is 1. The summed E-state index contributed by atoms with van der Waals surface area (Å²) in [4.78, 5) is 31.7. The average Bonchev–Trinajstić information content (AvgIpc) is 3.44. The van der Waals surface area contributed by atoms with Crippen molar-refractivity contribution in [2.45, 2.75) is 30.4 Å². The number of primary sulfonamides is 1. The Morgan fingerprint density at radius 3 is 2.53 bits per heavy atom. The molecule has 1 aromatic heterocycles. The van der Waals surface area contributed by atoms with Crippen LogP contribution < -0.4 is 16.2 Å². The van der Waals surface area contributed by atoms with E-state index in [0.717, 1.165) is 16.9 Å². The van der Waals surface area contributed by atoms with Crippen LogP contribution in [0.15, 0.2) is 59.5 Å². The predicted octanol–water partition coefficient (Wildman–Crippen LogP) is 3.10. The minimum Gasteiger partial charge on any atom is -0.445 e. The van der Waals surface area contributed by atoms with Crippen LogP contribution in [0.3, 0.4) is 0 Å². The van der Waals surface area contributed by atoms with E-state index in [2.05, 4.69) is 10.3 Å². The van der Waals surface area contributed by atoms with Gasteiger partial charge in [-0.2, -0.15) is 0 Å². The Hall–Kier alpha value is -3.48. The molecule has 0 saturated carbocycles. The number of benzene rings is 2. The first-order valence-electron chi connectivity index (χ1n) is 10.4. The lowest BCUT2D eigenvalue weighted by Gasteiger charge is -2.22. The van der Waals surface area contributed by atoms with Gasteiger partial charge in [-0.25, -0.2) is 23.3 Å². The number of ketones is 1. The third-order valence-corrected chi connectivity index (χ3v) is 7.24. The van der Waals surface area contributed by atoms with E-state index in [1.807, 2.05) is 30.3 Å². The number of likely N-dealkylation sites (tertiary alicyclic amines) is 1. The van der Waals surface area contributed by atoms with E-state index in [9.17, 15) is 18.0 Å². The summed E-state index contributed by atoms with van der Waals surface area (Å²) in [5, 5.41) is 8.46. The third kappa shape index (κ3) is 5.35. The lowest BCUT2D eigenvalue weighted by atomic mass is 10.1. The van der Waals surface area contributed by atoms with Gasteiger partial charge in [-0.15, -0.1) is 0 Å². The molecular weight excluding hydrogens is 478 g/mol. The van der Waals surface area contributed by atoms with E-state index in [4.69, 9.17) is 15.6 Å². The van der Waals surface area contributed by atoms with Crippen LogP contribution in [-0.2, 0) is 21.4 Å². The summed E-state index contributed by atoms with van der Waals surface area (Å²) in [6.45, 7) is 0.544. The van der Waals surface area contributed by atoms with Crippen LogP contribution in [0.25, 0.3) is 0 Å². The number of nitrogens with two attached hydrogens (primary N) is 2. The molecule has 12 heteroatoms. The highest BCUT2D eigenvalue weighted by molar-refractivity contribution is 7.89. The summed E-state index contributed by atoms with van der Waals surface area (Å²) in [5.74, 6) is -0.232. The van der Waals surface area contributed by atoms with Crippen molar-refractivity contribution in [2.75, 3.05) is 17.6 Å². The van der Waals surface area contributed by atoms with Gasteiger partial charge in [0, 0.05) is 12.2 Å². The van der Waals surface area contributed by atoms with Gasteiger partial charge in [-0.3, -0.25) is 9.69 Å². The van der Waals surface area contributed by atoms with Crippen molar-refractivity contribution < 1.29 is 22.7 Å². The van der Waals surface area contributed by atoms with Gasteiger partial charge in [-0.1, -0.05) is 41.7 Å². The van der Waals surface area contributed by atoms with E-state index < -0.39 is 22.2 Å². The SMILES string of the molecule is Nc1nc(Nc2ccc(S(N)(=O)=O)cc2)sc1C(=O)[C@@H]1CCCN1C(=O)OCc1ccccc1. The Kier molecular flexibility index (Phi) is 6.82. The summed E-state index contributed by atoms with van der Waals surface area (Å²) < 4.78 is 28.2. The van der Waals surface area contributed by atoms with Crippen molar-refractivity contribution in [1.29, 1.82) is 0 Å². The Labute approximate surface area is 200 Å². The summed E-state index contributed by atoms with van der Waals surface area (Å²) in [7, 11) is -3.80. The highest BCUT2D eigenvalue weighted by Gasteiger charge is 2.37. The zero-order chi connectivity index (χ0) is 24.3. The molecule has 34 heavy (non-hydrogen) atoms. The standard InChI is InChI=1S/C22H23N5O5S2/c23-20-19(33-21(26-20)25-15-8-10-16(11-9-15)34(24,30)31)18(28)17-7-4-12-27(17)22(29)32-13-14-5-2-1-3-6-14/h1-3,5-6,8-11,17H,4,7,12-13,23H2,(H,25,26)(H2,24,30,31)/t17-/m0/s1. The lowest BCUT2D eigenvalue weighted by Crippen LogP contribution is -2.40. The smallest absolute Gasteiger partial charge is 0.410 e. The number of carbonyl (C=O) groups excluding carboxylic acids is 2. The van der Waals surface area contributed by atoms with Crippen molar-refractivity contribution in [1.82, 2.24) is 9.88 Å². The fraction of sp³-hybridized carbons (Fsp3) is 0.227. The zero-order valence-corrected chi connectivity index (χ0v) is 19.6. The number of nitrogen functional groups attached to an aromatic ring is 1. The van der Waals surface area contributed by atoms with Gasteiger partial charge < -0.3 is 15.8 Å². The molecule has 1 amide bonds. The number of amides is 1. The van der Waals surface area contributed by atoms with Crippen LogP contribution in [0.1, 0.15) is 28.1 Å². The largest absolute Gasteiger partial charge is 0.445 e. The summed E-state index contributed by atoms with van der Waals surface area (Å²) in [5.41, 5.74) is 7.42. The van der Waals surface area contributed by atoms with Gasteiger partial charge in [0.15, 0.2) is 10.9 Å². The summed E-state index contributed by atoms with van der Waals surface area (Å²) in [6.07, 6.45) is 0.641. The normalized spacial score (nSPS) is 15.8. The Bertz CT molecular complexity index is 1290. The van der Waals surface area contributed by atoms with E-state index in [1.165, 1.54) is 29.2 Å². The molecule has 1 saturated heterocycles. The molecule has 5 N–H and O–H groups in total. The molecule has 2 heterocycles. The highest BCUT2D eigenvalue weighted by Crippen LogP contribution is 2.32. The maximum absolute atomic E-state index is 13.2. The maximum Gasteiger partial charge on any atom is 0.410 e. The van der Waals surface area contributed by atoms with Gasteiger partial charge in [-0.05, 0) is 42.7 Å². The number of hydrogen-bond donors (Lipinski definition) is 3. The van der Waals surface area contributed by atoms with Crippen LogP contribution >= 0.6 is 11.3 Å². The molecule has 0 spiro atoms. The number of sulfonamides is 1. The van der Waals surface area contributed by atoms with Crippen molar-refractivity contribution in [3.8, 4) is 0 Å². The molecular formula is C22H23N5O5S2. The fourth-order valence-electron chi connectivity index (χ4n) is 3.62. The maximum atomic E-state index is 13.2. The molecule has 2 aromatic carbocycles. The first kappa shape index (κ1) is 23.7. The van der Waals surface area contributed by atoms with Crippen LogP contribution in [0, 0.1) is 0 Å². The number of carbonyl (C=O) groups is 2. The highest BCUT2D eigenvalue weighted by atomic mass is 32.2. The number of hydrogen-bond acceptors (Lipinski definition) is 9. The van der Waals surface area contributed by atoms with E-state index in [-0.39, 0.29) is 28.0 Å². The number of ether oxygens (including phenoxy) is 1. The van der Waals surface area contributed by atoms with Crippen LogP contribution in [-0.4, -0.2) is 42.8 Å². The molecule has 0 radical (unpaired) electrons. The average molecular weight is 502 g/mol. The van der Waals surface area contributed by atoms with Crippen LogP contribution in [0.2, 0.25) is 0 Å². The molecule has 0 unspecified atom stereocenters. The topological polar surface area (TPSA) is 158 Å². The molecule has 1 aliphatic rings. The number of Topliss-reactive ketones (excluding diaryl/α,β-unsaturated/α-hetero) is 1. The number of thiazole rings is 1. The van der Waals surface area contributed by atoms with E-state index in [0.29, 0.717) is 30.2 Å². The van der Waals surface area contributed by atoms with E-state index >= 15 is 0 Å². The van der Waals surface area contributed by atoms with Crippen LogP contribution in [0.4, 0.5) is 21.4 Å². The molecule has 0 aliphatic carbocycles. The summed E-state index contributed by atoms with van der Waals surface area (Å²) in [6, 6.07) is 14.4. The minimum absolute atomic E-state index is 0.0203. The van der Waals surface area contributed by atoms with Gasteiger partial charge in [0.1, 0.15) is 17.3 Å². The van der Waals surface area contributed by atoms with Gasteiger partial charge in [0.05, 0.1) is 10.9 Å². The number of rotatable bonds is 7. The molecule has 1 atom stereocenters.